The lowest BCUT2D eigenvalue weighted by atomic mass is 10.2. The number of benzene rings is 1. The monoisotopic (exact) mass is 192 g/mol. The van der Waals surface area contributed by atoms with Crippen LogP contribution in [-0.4, -0.2) is 18.8 Å². The molecule has 2 unspecified atom stereocenters. The Morgan fingerprint density at radius 2 is 2.14 bits per heavy atom. The summed E-state index contributed by atoms with van der Waals surface area (Å²) in [5, 5.41) is 0. The Bertz CT molecular complexity index is 267. The first-order valence-electron chi connectivity index (χ1n) is 5.12. The van der Waals surface area contributed by atoms with Crippen molar-refractivity contribution in [2.24, 2.45) is 0 Å². The lowest BCUT2D eigenvalue weighted by Gasteiger charge is -2.11. The van der Waals surface area contributed by atoms with Crippen molar-refractivity contribution in [3.8, 4) is 0 Å². The van der Waals surface area contributed by atoms with Crippen LogP contribution in [0.1, 0.15) is 18.9 Å². The van der Waals surface area contributed by atoms with E-state index in [-0.39, 0.29) is 0 Å². The topological polar surface area (TPSA) is 21.8 Å². The van der Waals surface area contributed by atoms with Crippen molar-refractivity contribution in [2.75, 3.05) is 6.61 Å². The Balaban J connectivity index is 1.70. The summed E-state index contributed by atoms with van der Waals surface area (Å²) >= 11 is 0. The van der Waals surface area contributed by atoms with Crippen LogP contribution >= 0.6 is 0 Å². The van der Waals surface area contributed by atoms with E-state index in [1.165, 1.54) is 5.56 Å². The highest BCUT2D eigenvalue weighted by Crippen LogP contribution is 2.17. The van der Waals surface area contributed by atoms with E-state index < -0.39 is 0 Å². The summed E-state index contributed by atoms with van der Waals surface area (Å²) in [7, 11) is 0. The molecule has 1 heterocycles. The first kappa shape index (κ1) is 9.69. The molecule has 0 bridgehead atoms. The van der Waals surface area contributed by atoms with Gasteiger partial charge in [0, 0.05) is 6.42 Å². The Morgan fingerprint density at radius 1 is 1.43 bits per heavy atom. The fraction of sp³-hybridized carbons (Fsp3) is 0.500. The van der Waals surface area contributed by atoms with E-state index in [0.717, 1.165) is 13.0 Å². The number of hydrogen-bond donors (Lipinski definition) is 0. The second-order valence-electron chi connectivity index (χ2n) is 3.80. The number of ether oxygens (including phenoxy) is 2. The zero-order chi connectivity index (χ0) is 9.80. The molecule has 0 aromatic heterocycles. The average Bonchev–Trinajstić information content (AvgIpc) is 3.00. The molecule has 2 atom stereocenters. The molecule has 1 aromatic rings. The van der Waals surface area contributed by atoms with Gasteiger partial charge in [-0.05, 0) is 12.5 Å². The molecule has 76 valence electrons. The van der Waals surface area contributed by atoms with Crippen molar-refractivity contribution in [2.45, 2.75) is 32.2 Å². The smallest absolute Gasteiger partial charge is 0.0834 e. The predicted molar refractivity (Wildman–Crippen MR) is 55.1 cm³/mol. The minimum atomic E-state index is 0.294. The lowest BCUT2D eigenvalue weighted by molar-refractivity contribution is 0.0426. The van der Waals surface area contributed by atoms with Crippen LogP contribution in [0.3, 0.4) is 0 Å². The van der Waals surface area contributed by atoms with Gasteiger partial charge in [0.05, 0.1) is 25.4 Å². The van der Waals surface area contributed by atoms with Gasteiger partial charge in [-0.2, -0.15) is 0 Å². The Kier molecular flexibility index (Phi) is 3.17. The molecule has 14 heavy (non-hydrogen) atoms. The molecule has 1 aliphatic rings. The third kappa shape index (κ3) is 3.13. The van der Waals surface area contributed by atoms with Crippen LogP contribution in [0.2, 0.25) is 0 Å². The van der Waals surface area contributed by atoms with E-state index in [1.54, 1.807) is 0 Å². The molecule has 0 aliphatic carbocycles. The Hall–Kier alpha value is -0.860. The predicted octanol–water partition coefficient (Wildman–Crippen LogP) is 2.38. The minimum Gasteiger partial charge on any atom is -0.374 e. The van der Waals surface area contributed by atoms with Crippen molar-refractivity contribution in [1.82, 2.24) is 0 Å². The highest BCUT2D eigenvalue weighted by Gasteiger charge is 2.24. The SMILES string of the molecule is CC(CC1CO1)OCc1ccccc1. The Morgan fingerprint density at radius 3 is 2.79 bits per heavy atom. The molecular weight excluding hydrogens is 176 g/mol. The zero-order valence-electron chi connectivity index (χ0n) is 8.48. The standard InChI is InChI=1S/C12H16O2/c1-10(7-12-9-14-12)13-8-11-5-3-2-4-6-11/h2-6,10,12H,7-9H2,1H3. The third-order valence-electron chi connectivity index (χ3n) is 2.37. The lowest BCUT2D eigenvalue weighted by Crippen LogP contribution is -2.10. The number of hydrogen-bond acceptors (Lipinski definition) is 2. The van der Waals surface area contributed by atoms with E-state index in [0.29, 0.717) is 18.8 Å². The zero-order valence-corrected chi connectivity index (χ0v) is 8.48. The maximum absolute atomic E-state index is 5.70. The molecule has 0 N–H and O–H groups in total. The van der Waals surface area contributed by atoms with E-state index in [1.807, 2.05) is 18.2 Å². The largest absolute Gasteiger partial charge is 0.374 e. The van der Waals surface area contributed by atoms with Crippen LogP contribution in [0.25, 0.3) is 0 Å². The normalized spacial score (nSPS) is 21.9. The summed E-state index contributed by atoms with van der Waals surface area (Å²) in [6.07, 6.45) is 1.77. The summed E-state index contributed by atoms with van der Waals surface area (Å²) in [4.78, 5) is 0. The minimum absolute atomic E-state index is 0.294. The van der Waals surface area contributed by atoms with Crippen molar-refractivity contribution in [1.29, 1.82) is 0 Å². The molecule has 2 heteroatoms. The molecule has 1 fully saturated rings. The Labute approximate surface area is 84.8 Å². The van der Waals surface area contributed by atoms with Crippen LogP contribution in [0, 0.1) is 0 Å². The maximum Gasteiger partial charge on any atom is 0.0834 e. The summed E-state index contributed by atoms with van der Waals surface area (Å²) in [5.41, 5.74) is 1.23. The third-order valence-corrected chi connectivity index (χ3v) is 2.37. The molecular formula is C12H16O2. The molecule has 2 nitrogen and oxygen atoms in total. The van der Waals surface area contributed by atoms with E-state index in [9.17, 15) is 0 Å². The summed E-state index contributed by atoms with van der Waals surface area (Å²) in [6.45, 7) is 3.72. The van der Waals surface area contributed by atoms with Gasteiger partial charge in [-0.3, -0.25) is 0 Å². The number of rotatable bonds is 5. The van der Waals surface area contributed by atoms with Gasteiger partial charge >= 0.3 is 0 Å². The second kappa shape index (κ2) is 4.58. The molecule has 1 aliphatic heterocycles. The summed E-state index contributed by atoms with van der Waals surface area (Å²) < 4.78 is 10.9. The highest BCUT2D eigenvalue weighted by atomic mass is 16.6. The van der Waals surface area contributed by atoms with E-state index in [4.69, 9.17) is 9.47 Å². The van der Waals surface area contributed by atoms with Gasteiger partial charge in [-0.1, -0.05) is 30.3 Å². The number of epoxide rings is 1. The van der Waals surface area contributed by atoms with Crippen molar-refractivity contribution < 1.29 is 9.47 Å². The van der Waals surface area contributed by atoms with E-state index >= 15 is 0 Å². The summed E-state index contributed by atoms with van der Waals surface area (Å²) in [5.74, 6) is 0. The quantitative estimate of drug-likeness (QED) is 0.668. The first-order valence-corrected chi connectivity index (χ1v) is 5.12. The van der Waals surface area contributed by atoms with Crippen molar-refractivity contribution >= 4 is 0 Å². The van der Waals surface area contributed by atoms with E-state index in [2.05, 4.69) is 19.1 Å². The fourth-order valence-corrected chi connectivity index (χ4v) is 1.46. The van der Waals surface area contributed by atoms with Gasteiger partial charge in [0.25, 0.3) is 0 Å². The van der Waals surface area contributed by atoms with Crippen LogP contribution in [0.4, 0.5) is 0 Å². The highest BCUT2D eigenvalue weighted by molar-refractivity contribution is 5.13. The average molecular weight is 192 g/mol. The molecule has 0 amide bonds. The van der Waals surface area contributed by atoms with Crippen LogP contribution in [0.5, 0.6) is 0 Å². The van der Waals surface area contributed by atoms with Crippen molar-refractivity contribution in [3.63, 3.8) is 0 Å². The molecule has 1 saturated heterocycles. The summed E-state index contributed by atoms with van der Waals surface area (Å²) in [6, 6.07) is 10.3. The van der Waals surface area contributed by atoms with Crippen LogP contribution < -0.4 is 0 Å². The second-order valence-corrected chi connectivity index (χ2v) is 3.80. The molecule has 0 radical (unpaired) electrons. The van der Waals surface area contributed by atoms with Gasteiger partial charge in [0.1, 0.15) is 0 Å². The van der Waals surface area contributed by atoms with Gasteiger partial charge in [0.15, 0.2) is 0 Å². The van der Waals surface area contributed by atoms with Gasteiger partial charge < -0.3 is 9.47 Å². The first-order chi connectivity index (χ1) is 6.84. The fourth-order valence-electron chi connectivity index (χ4n) is 1.46. The molecule has 0 spiro atoms. The molecule has 0 saturated carbocycles. The van der Waals surface area contributed by atoms with Gasteiger partial charge in [-0.15, -0.1) is 0 Å². The van der Waals surface area contributed by atoms with Gasteiger partial charge in [-0.25, -0.2) is 0 Å². The van der Waals surface area contributed by atoms with Crippen molar-refractivity contribution in [3.05, 3.63) is 35.9 Å². The van der Waals surface area contributed by atoms with Gasteiger partial charge in [0.2, 0.25) is 0 Å². The molecule has 2 rings (SSSR count). The maximum atomic E-state index is 5.70. The van der Waals surface area contributed by atoms with Crippen LogP contribution in [0.15, 0.2) is 30.3 Å². The molecule has 1 aromatic carbocycles. The van der Waals surface area contributed by atoms with Crippen LogP contribution in [-0.2, 0) is 16.1 Å².